The van der Waals surface area contributed by atoms with Gasteiger partial charge in [0.2, 0.25) is 0 Å². The first-order valence-electron chi connectivity index (χ1n) is 5.09. The second kappa shape index (κ2) is 4.72. The highest BCUT2D eigenvalue weighted by Gasteiger charge is 2.31. The molecular weight excluding hydrogens is 217 g/mol. The van der Waals surface area contributed by atoms with Gasteiger partial charge in [0.25, 0.3) is 0 Å². The van der Waals surface area contributed by atoms with E-state index in [0.717, 1.165) is 12.1 Å². The van der Waals surface area contributed by atoms with E-state index in [0.29, 0.717) is 12.1 Å². The molecule has 1 aromatic heterocycles. The Morgan fingerprint density at radius 3 is 2.38 bits per heavy atom. The van der Waals surface area contributed by atoms with Crippen molar-refractivity contribution in [2.45, 2.75) is 26.4 Å². The molecule has 90 valence electrons. The minimum absolute atomic E-state index is 0.255. The zero-order valence-electron chi connectivity index (χ0n) is 9.52. The molecule has 0 saturated heterocycles. The molecule has 0 aliphatic rings. The van der Waals surface area contributed by atoms with Gasteiger partial charge >= 0.3 is 6.18 Å². The Morgan fingerprint density at radius 1 is 1.31 bits per heavy atom. The van der Waals surface area contributed by atoms with Crippen LogP contribution in [0.25, 0.3) is 0 Å². The molecule has 2 nitrogen and oxygen atoms in total. The molecular formula is C11H15F3N2. The summed E-state index contributed by atoms with van der Waals surface area (Å²) in [5.41, 5.74) is -0.184. The van der Waals surface area contributed by atoms with Crippen molar-refractivity contribution < 1.29 is 13.2 Å². The molecule has 0 atom stereocenters. The van der Waals surface area contributed by atoms with Crippen LogP contribution in [0.3, 0.4) is 0 Å². The van der Waals surface area contributed by atoms with E-state index in [-0.39, 0.29) is 11.7 Å². The van der Waals surface area contributed by atoms with Gasteiger partial charge in [0, 0.05) is 12.7 Å². The number of aromatic nitrogens is 1. The van der Waals surface area contributed by atoms with E-state index in [1.165, 1.54) is 0 Å². The van der Waals surface area contributed by atoms with E-state index >= 15 is 0 Å². The Hall–Kier alpha value is -1.26. The average molecular weight is 232 g/mol. The Bertz CT molecular complexity index is 359. The van der Waals surface area contributed by atoms with Gasteiger partial charge in [-0.15, -0.1) is 0 Å². The van der Waals surface area contributed by atoms with Crippen molar-refractivity contribution >= 4 is 5.82 Å². The van der Waals surface area contributed by atoms with E-state index in [2.05, 4.69) is 10.3 Å². The summed E-state index contributed by atoms with van der Waals surface area (Å²) >= 11 is 0. The Morgan fingerprint density at radius 2 is 1.94 bits per heavy atom. The summed E-state index contributed by atoms with van der Waals surface area (Å²) in [6.07, 6.45) is -3.78. The van der Waals surface area contributed by atoms with Gasteiger partial charge in [-0.25, -0.2) is 4.98 Å². The van der Waals surface area contributed by atoms with Crippen molar-refractivity contribution in [2.24, 2.45) is 5.92 Å². The molecule has 1 heterocycles. The standard InChI is InChI=1S/C11H15F3N2/c1-7(2)4-9-5-8(11(12,13)14)6-10(15-3)16-9/h5-7H,4H2,1-3H3,(H,15,16). The van der Waals surface area contributed by atoms with Crippen molar-refractivity contribution in [3.8, 4) is 0 Å². The van der Waals surface area contributed by atoms with Crippen LogP contribution in [0.5, 0.6) is 0 Å². The zero-order valence-corrected chi connectivity index (χ0v) is 9.52. The Kier molecular flexibility index (Phi) is 3.78. The molecule has 0 spiro atoms. The second-order valence-electron chi connectivity index (χ2n) is 4.08. The van der Waals surface area contributed by atoms with Crippen LogP contribution in [0, 0.1) is 5.92 Å². The summed E-state index contributed by atoms with van der Waals surface area (Å²) in [6, 6.07) is 2.13. The maximum absolute atomic E-state index is 12.6. The minimum atomic E-state index is -4.32. The predicted molar refractivity (Wildman–Crippen MR) is 57.3 cm³/mol. The number of anilines is 1. The van der Waals surface area contributed by atoms with Gasteiger partial charge < -0.3 is 5.32 Å². The van der Waals surface area contributed by atoms with Gasteiger partial charge in [-0.1, -0.05) is 13.8 Å². The normalized spacial score (nSPS) is 11.9. The fraction of sp³-hybridized carbons (Fsp3) is 0.545. The lowest BCUT2D eigenvalue weighted by molar-refractivity contribution is -0.137. The first kappa shape index (κ1) is 12.8. The molecule has 0 aliphatic heterocycles. The first-order chi connectivity index (χ1) is 7.32. The Balaban J connectivity index is 3.11. The van der Waals surface area contributed by atoms with Crippen molar-refractivity contribution in [1.82, 2.24) is 4.98 Å². The van der Waals surface area contributed by atoms with E-state index in [9.17, 15) is 13.2 Å². The van der Waals surface area contributed by atoms with Crippen molar-refractivity contribution in [3.05, 3.63) is 23.4 Å². The third-order valence-electron chi connectivity index (χ3n) is 2.08. The molecule has 16 heavy (non-hydrogen) atoms. The molecule has 0 bridgehead atoms. The van der Waals surface area contributed by atoms with Crippen molar-refractivity contribution in [2.75, 3.05) is 12.4 Å². The SMILES string of the molecule is CNc1cc(C(F)(F)F)cc(CC(C)C)n1. The van der Waals surface area contributed by atoms with Crippen LogP contribution in [0.1, 0.15) is 25.1 Å². The topological polar surface area (TPSA) is 24.9 Å². The summed E-state index contributed by atoms with van der Waals surface area (Å²) in [5.74, 6) is 0.533. The molecule has 1 aromatic rings. The lowest BCUT2D eigenvalue weighted by Crippen LogP contribution is -2.09. The molecule has 0 unspecified atom stereocenters. The van der Waals surface area contributed by atoms with Gasteiger partial charge in [-0.3, -0.25) is 0 Å². The molecule has 0 aliphatic carbocycles. The van der Waals surface area contributed by atoms with Crippen LogP contribution in [0.4, 0.5) is 19.0 Å². The summed E-state index contributed by atoms with van der Waals surface area (Å²) < 4.78 is 37.7. The molecule has 0 radical (unpaired) electrons. The lowest BCUT2D eigenvalue weighted by atomic mass is 10.1. The molecule has 5 heteroatoms. The maximum atomic E-state index is 12.6. The van der Waals surface area contributed by atoms with Crippen molar-refractivity contribution in [3.63, 3.8) is 0 Å². The molecule has 0 fully saturated rings. The zero-order chi connectivity index (χ0) is 12.3. The highest BCUT2D eigenvalue weighted by atomic mass is 19.4. The molecule has 0 saturated carbocycles. The largest absolute Gasteiger partial charge is 0.416 e. The highest BCUT2D eigenvalue weighted by molar-refractivity contribution is 5.40. The fourth-order valence-electron chi connectivity index (χ4n) is 1.40. The summed E-state index contributed by atoms with van der Waals surface area (Å²) in [7, 11) is 1.56. The number of alkyl halides is 3. The lowest BCUT2D eigenvalue weighted by Gasteiger charge is -2.12. The third-order valence-corrected chi connectivity index (χ3v) is 2.08. The molecule has 1 N–H and O–H groups in total. The number of nitrogens with one attached hydrogen (secondary N) is 1. The quantitative estimate of drug-likeness (QED) is 0.864. The second-order valence-corrected chi connectivity index (χ2v) is 4.08. The third kappa shape index (κ3) is 3.40. The van der Waals surface area contributed by atoms with Gasteiger partial charge in [0.1, 0.15) is 5.82 Å². The van der Waals surface area contributed by atoms with Crippen LogP contribution < -0.4 is 5.32 Å². The summed E-state index contributed by atoms with van der Waals surface area (Å²) in [5, 5.41) is 2.64. The Labute approximate surface area is 92.9 Å². The fourth-order valence-corrected chi connectivity index (χ4v) is 1.40. The van der Waals surface area contributed by atoms with Gasteiger partial charge in [0.05, 0.1) is 5.56 Å². The summed E-state index contributed by atoms with van der Waals surface area (Å²) in [6.45, 7) is 3.89. The van der Waals surface area contributed by atoms with Gasteiger partial charge in [0.15, 0.2) is 0 Å². The number of halogens is 3. The average Bonchev–Trinajstić information content (AvgIpc) is 2.14. The molecule has 1 rings (SSSR count). The van der Waals surface area contributed by atoms with Crippen LogP contribution in [0.2, 0.25) is 0 Å². The first-order valence-corrected chi connectivity index (χ1v) is 5.09. The number of pyridine rings is 1. The van der Waals surface area contributed by atoms with E-state index in [1.54, 1.807) is 7.05 Å². The van der Waals surface area contributed by atoms with E-state index in [1.807, 2.05) is 13.8 Å². The predicted octanol–water partition coefficient (Wildman–Crippen LogP) is 3.34. The van der Waals surface area contributed by atoms with Crippen molar-refractivity contribution in [1.29, 1.82) is 0 Å². The van der Waals surface area contributed by atoms with Gasteiger partial charge in [-0.05, 0) is 24.5 Å². The van der Waals surface area contributed by atoms with Crippen LogP contribution in [-0.4, -0.2) is 12.0 Å². The summed E-state index contributed by atoms with van der Waals surface area (Å²) in [4.78, 5) is 4.09. The highest BCUT2D eigenvalue weighted by Crippen LogP contribution is 2.31. The van der Waals surface area contributed by atoms with Crippen LogP contribution >= 0.6 is 0 Å². The maximum Gasteiger partial charge on any atom is 0.416 e. The van der Waals surface area contributed by atoms with Gasteiger partial charge in [-0.2, -0.15) is 13.2 Å². The number of rotatable bonds is 3. The van der Waals surface area contributed by atoms with Crippen LogP contribution in [-0.2, 0) is 12.6 Å². The number of hydrogen-bond donors (Lipinski definition) is 1. The molecule has 0 amide bonds. The number of hydrogen-bond acceptors (Lipinski definition) is 2. The van der Waals surface area contributed by atoms with E-state index < -0.39 is 11.7 Å². The number of nitrogens with zero attached hydrogens (tertiary/aromatic N) is 1. The monoisotopic (exact) mass is 232 g/mol. The molecule has 0 aromatic carbocycles. The smallest absolute Gasteiger partial charge is 0.373 e. The minimum Gasteiger partial charge on any atom is -0.373 e. The van der Waals surface area contributed by atoms with Crippen LogP contribution in [0.15, 0.2) is 12.1 Å². The van der Waals surface area contributed by atoms with E-state index in [4.69, 9.17) is 0 Å².